The van der Waals surface area contributed by atoms with Crippen LogP contribution in [0, 0.1) is 0 Å². The number of nitrogens with one attached hydrogen (secondary N) is 1. The van der Waals surface area contributed by atoms with E-state index in [9.17, 15) is 0 Å². The zero-order chi connectivity index (χ0) is 13.1. The second kappa shape index (κ2) is 6.10. The smallest absolute Gasteiger partial charge is 0.172 e. The van der Waals surface area contributed by atoms with Gasteiger partial charge in [-0.05, 0) is 44.0 Å². The van der Waals surface area contributed by atoms with E-state index in [-0.39, 0.29) is 0 Å². The van der Waals surface area contributed by atoms with Crippen molar-refractivity contribution in [2.45, 2.75) is 6.61 Å². The molecule has 2 rings (SSSR count). The average molecular weight is 393 g/mol. The number of ether oxygens (including phenoxy) is 1. The predicted octanol–water partition coefficient (Wildman–Crippen LogP) is 3.92. The minimum atomic E-state index is 0.442. The van der Waals surface area contributed by atoms with Gasteiger partial charge in [-0.1, -0.05) is 0 Å². The molecule has 0 aliphatic heterocycles. The van der Waals surface area contributed by atoms with Crippen molar-refractivity contribution in [1.82, 2.24) is 9.97 Å². The number of aromatic nitrogens is 2. The van der Waals surface area contributed by atoms with Gasteiger partial charge in [0, 0.05) is 14.2 Å². The summed E-state index contributed by atoms with van der Waals surface area (Å²) in [6, 6.07) is 3.98. The molecule has 1 N–H and O–H groups in total. The van der Waals surface area contributed by atoms with E-state index in [0.29, 0.717) is 12.4 Å². The van der Waals surface area contributed by atoms with Crippen LogP contribution < -0.4 is 5.32 Å². The van der Waals surface area contributed by atoms with E-state index >= 15 is 0 Å². The first-order chi connectivity index (χ1) is 8.65. The van der Waals surface area contributed by atoms with Crippen LogP contribution in [0.15, 0.2) is 20.4 Å². The van der Waals surface area contributed by atoms with Gasteiger partial charge in [-0.15, -0.1) is 11.3 Å². The van der Waals surface area contributed by atoms with Gasteiger partial charge in [0.1, 0.15) is 5.82 Å². The average Bonchev–Trinajstić information content (AvgIpc) is 2.79. The maximum Gasteiger partial charge on any atom is 0.172 e. The highest BCUT2D eigenvalue weighted by atomic mass is 79.9. The molecule has 0 aromatic carbocycles. The van der Waals surface area contributed by atoms with Crippen LogP contribution in [0.25, 0.3) is 10.7 Å². The van der Waals surface area contributed by atoms with Crippen LogP contribution in [0.2, 0.25) is 0 Å². The summed E-state index contributed by atoms with van der Waals surface area (Å²) in [6.45, 7) is 0.442. The first-order valence-corrected chi connectivity index (χ1v) is 7.54. The summed E-state index contributed by atoms with van der Waals surface area (Å²) in [7, 11) is 3.48. The van der Waals surface area contributed by atoms with E-state index in [1.165, 1.54) is 0 Å². The fourth-order valence-corrected chi connectivity index (χ4v) is 3.25. The molecular weight excluding hydrogens is 382 g/mol. The van der Waals surface area contributed by atoms with Crippen LogP contribution in [0.3, 0.4) is 0 Å². The fourth-order valence-electron chi connectivity index (χ4n) is 1.44. The lowest BCUT2D eigenvalue weighted by Crippen LogP contribution is -2.03. The molecule has 0 bridgehead atoms. The van der Waals surface area contributed by atoms with Crippen molar-refractivity contribution in [3.05, 3.63) is 26.1 Å². The van der Waals surface area contributed by atoms with Crippen LogP contribution in [0.4, 0.5) is 5.82 Å². The van der Waals surface area contributed by atoms with Crippen molar-refractivity contribution in [2.75, 3.05) is 19.5 Å². The van der Waals surface area contributed by atoms with Crippen LogP contribution >= 0.6 is 43.2 Å². The number of thiophene rings is 1. The molecule has 7 heteroatoms. The van der Waals surface area contributed by atoms with Crippen molar-refractivity contribution in [3.63, 3.8) is 0 Å². The second-order valence-corrected chi connectivity index (χ2v) is 6.70. The van der Waals surface area contributed by atoms with Gasteiger partial charge in [-0.25, -0.2) is 9.97 Å². The number of methoxy groups -OCH3 is 1. The summed E-state index contributed by atoms with van der Waals surface area (Å²) in [4.78, 5) is 10.0. The summed E-state index contributed by atoms with van der Waals surface area (Å²) in [5.74, 6) is 1.46. The maximum absolute atomic E-state index is 5.15. The summed E-state index contributed by atoms with van der Waals surface area (Å²) >= 11 is 8.52. The number of rotatable bonds is 4. The maximum atomic E-state index is 5.15. The number of hydrogen-bond acceptors (Lipinski definition) is 5. The van der Waals surface area contributed by atoms with Gasteiger partial charge in [0.2, 0.25) is 0 Å². The Hall–Kier alpha value is -0.500. The van der Waals surface area contributed by atoms with Crippen LogP contribution in [0.1, 0.15) is 5.69 Å². The molecule has 0 fully saturated rings. The molecule has 4 nitrogen and oxygen atoms in total. The second-order valence-electron chi connectivity index (χ2n) is 3.44. The first-order valence-electron chi connectivity index (χ1n) is 5.14. The zero-order valence-corrected chi connectivity index (χ0v) is 13.8. The van der Waals surface area contributed by atoms with Gasteiger partial charge in [0.05, 0.1) is 25.4 Å². The number of anilines is 1. The van der Waals surface area contributed by atoms with Crippen LogP contribution in [-0.4, -0.2) is 24.1 Å². The molecule has 0 radical (unpaired) electrons. The van der Waals surface area contributed by atoms with Crippen LogP contribution in [-0.2, 0) is 11.3 Å². The minimum absolute atomic E-state index is 0.442. The van der Waals surface area contributed by atoms with Crippen molar-refractivity contribution in [2.24, 2.45) is 0 Å². The van der Waals surface area contributed by atoms with Gasteiger partial charge < -0.3 is 10.1 Å². The Morgan fingerprint density at radius 3 is 2.67 bits per heavy atom. The van der Waals surface area contributed by atoms with Crippen LogP contribution in [0.5, 0.6) is 0 Å². The number of nitrogens with zero attached hydrogens (tertiary/aromatic N) is 2. The SMILES string of the molecule is CNc1nc(-c2ccc(Br)s2)nc(COC)c1Br. The van der Waals surface area contributed by atoms with Crippen molar-refractivity contribution >= 4 is 49.0 Å². The normalized spacial score (nSPS) is 10.7. The summed E-state index contributed by atoms with van der Waals surface area (Å²) in [5, 5.41) is 3.05. The molecule has 18 heavy (non-hydrogen) atoms. The monoisotopic (exact) mass is 391 g/mol. The molecule has 0 atom stereocenters. The Kier molecular flexibility index (Phi) is 4.71. The van der Waals surface area contributed by atoms with Gasteiger partial charge >= 0.3 is 0 Å². The van der Waals surface area contributed by atoms with E-state index in [4.69, 9.17) is 4.74 Å². The molecular formula is C11H11Br2N3OS. The largest absolute Gasteiger partial charge is 0.378 e. The molecule has 0 amide bonds. The van der Waals surface area contributed by atoms with Gasteiger partial charge in [0.25, 0.3) is 0 Å². The Balaban J connectivity index is 2.51. The fraction of sp³-hybridized carbons (Fsp3) is 0.273. The lowest BCUT2D eigenvalue weighted by molar-refractivity contribution is 0.181. The lowest BCUT2D eigenvalue weighted by atomic mass is 10.3. The Bertz CT molecular complexity index is 559. The van der Waals surface area contributed by atoms with Crippen molar-refractivity contribution < 1.29 is 4.74 Å². The van der Waals surface area contributed by atoms with Crippen molar-refractivity contribution in [1.29, 1.82) is 0 Å². The molecule has 0 unspecified atom stereocenters. The molecule has 0 saturated heterocycles. The molecule has 0 spiro atoms. The highest BCUT2D eigenvalue weighted by molar-refractivity contribution is 9.11. The number of hydrogen-bond donors (Lipinski definition) is 1. The Labute approximate surface area is 126 Å². The summed E-state index contributed by atoms with van der Waals surface area (Å²) in [6.07, 6.45) is 0. The molecule has 2 aromatic rings. The molecule has 2 aromatic heterocycles. The Morgan fingerprint density at radius 1 is 1.33 bits per heavy atom. The van der Waals surface area contributed by atoms with Gasteiger partial charge in [-0.3, -0.25) is 0 Å². The van der Waals surface area contributed by atoms with Gasteiger partial charge in [-0.2, -0.15) is 0 Å². The van der Waals surface area contributed by atoms with Gasteiger partial charge in [0.15, 0.2) is 5.82 Å². The molecule has 2 heterocycles. The topological polar surface area (TPSA) is 47.0 Å². The third-order valence-corrected chi connectivity index (χ3v) is 4.68. The molecule has 0 aliphatic rings. The summed E-state index contributed by atoms with van der Waals surface area (Å²) in [5.41, 5.74) is 0.830. The molecule has 0 aliphatic carbocycles. The minimum Gasteiger partial charge on any atom is -0.378 e. The number of halogens is 2. The zero-order valence-electron chi connectivity index (χ0n) is 9.83. The summed E-state index contributed by atoms with van der Waals surface area (Å²) < 4.78 is 7.05. The predicted molar refractivity (Wildman–Crippen MR) is 81.0 cm³/mol. The lowest BCUT2D eigenvalue weighted by Gasteiger charge is -2.09. The molecule has 0 saturated carbocycles. The first kappa shape index (κ1) is 13.9. The standard InChI is InChI=1S/C11H11Br2N3OS/c1-14-11-9(13)6(5-17-2)15-10(16-11)7-3-4-8(12)18-7/h3-4H,5H2,1-2H3,(H,14,15,16). The van der Waals surface area contributed by atoms with E-state index in [1.54, 1.807) is 18.4 Å². The van der Waals surface area contributed by atoms with E-state index < -0.39 is 0 Å². The van der Waals surface area contributed by atoms with E-state index in [0.717, 1.165) is 24.6 Å². The van der Waals surface area contributed by atoms with E-state index in [1.807, 2.05) is 19.2 Å². The third-order valence-electron chi connectivity index (χ3n) is 2.23. The van der Waals surface area contributed by atoms with E-state index in [2.05, 4.69) is 47.1 Å². The van der Waals surface area contributed by atoms with Crippen molar-refractivity contribution in [3.8, 4) is 10.7 Å². The quantitative estimate of drug-likeness (QED) is 0.856. The highest BCUT2D eigenvalue weighted by Crippen LogP contribution is 2.32. The Morgan fingerprint density at radius 2 is 2.11 bits per heavy atom. The molecule has 96 valence electrons. The highest BCUT2D eigenvalue weighted by Gasteiger charge is 2.13. The third kappa shape index (κ3) is 2.90.